The molecular formula is C19H16FN3O4. The minimum absolute atomic E-state index is 0.0930. The van der Waals surface area contributed by atoms with Gasteiger partial charge in [-0.25, -0.2) is 4.39 Å². The maximum atomic E-state index is 12.8. The van der Waals surface area contributed by atoms with Gasteiger partial charge in [0.05, 0.1) is 6.42 Å². The summed E-state index contributed by atoms with van der Waals surface area (Å²) in [5.74, 6) is -2.47. The lowest BCUT2D eigenvalue weighted by molar-refractivity contribution is -0.129. The van der Waals surface area contributed by atoms with Crippen LogP contribution in [0.1, 0.15) is 32.7 Å². The molecule has 3 rings (SSSR count). The van der Waals surface area contributed by atoms with Crippen LogP contribution in [0.2, 0.25) is 0 Å². The van der Waals surface area contributed by atoms with E-state index in [2.05, 4.69) is 10.9 Å². The van der Waals surface area contributed by atoms with Crippen LogP contribution in [-0.4, -0.2) is 35.1 Å². The number of amides is 4. The maximum absolute atomic E-state index is 12.8. The lowest BCUT2D eigenvalue weighted by atomic mass is 9.98. The second-order valence-electron chi connectivity index (χ2n) is 5.94. The van der Waals surface area contributed by atoms with Gasteiger partial charge in [0.25, 0.3) is 11.8 Å². The molecule has 1 aliphatic heterocycles. The quantitative estimate of drug-likeness (QED) is 0.625. The Kier molecular flexibility index (Phi) is 5.25. The van der Waals surface area contributed by atoms with Crippen molar-refractivity contribution in [3.63, 3.8) is 0 Å². The summed E-state index contributed by atoms with van der Waals surface area (Å²) < 4.78 is 12.8. The van der Waals surface area contributed by atoms with Crippen molar-refractivity contribution in [3.8, 4) is 0 Å². The van der Waals surface area contributed by atoms with Gasteiger partial charge < -0.3 is 0 Å². The molecule has 138 valence electrons. The SMILES string of the molecule is O=C(CCN1C(=O)Cc2ccccc2C1=O)NNC(=O)c1ccc(F)cc1. The van der Waals surface area contributed by atoms with Crippen molar-refractivity contribution < 1.29 is 23.6 Å². The highest BCUT2D eigenvalue weighted by molar-refractivity contribution is 6.09. The van der Waals surface area contributed by atoms with Gasteiger partial charge in [0.2, 0.25) is 11.8 Å². The molecule has 0 saturated carbocycles. The van der Waals surface area contributed by atoms with Gasteiger partial charge in [-0.15, -0.1) is 0 Å². The number of fused-ring (bicyclic) bond motifs is 1. The van der Waals surface area contributed by atoms with Gasteiger partial charge in [0.15, 0.2) is 0 Å². The Morgan fingerprint density at radius 2 is 1.70 bits per heavy atom. The standard InChI is InChI=1S/C19H16FN3O4/c20-14-7-5-12(6-8-14)18(26)22-21-16(24)9-10-23-17(25)11-13-3-1-2-4-15(13)19(23)27/h1-8H,9-11H2,(H,21,24)(H,22,26). The third-order valence-electron chi connectivity index (χ3n) is 4.12. The topological polar surface area (TPSA) is 95.6 Å². The zero-order valence-electron chi connectivity index (χ0n) is 14.2. The first-order valence-electron chi connectivity index (χ1n) is 8.23. The van der Waals surface area contributed by atoms with Crippen molar-refractivity contribution >= 4 is 23.6 Å². The van der Waals surface area contributed by atoms with Gasteiger partial charge in [-0.05, 0) is 35.9 Å². The van der Waals surface area contributed by atoms with Crippen LogP contribution in [-0.2, 0) is 16.0 Å². The predicted molar refractivity (Wildman–Crippen MR) is 92.8 cm³/mol. The van der Waals surface area contributed by atoms with Crippen LogP contribution < -0.4 is 10.9 Å². The van der Waals surface area contributed by atoms with Crippen molar-refractivity contribution in [2.75, 3.05) is 6.54 Å². The minimum Gasteiger partial charge on any atom is -0.278 e. The fourth-order valence-electron chi connectivity index (χ4n) is 2.70. The molecule has 1 heterocycles. The van der Waals surface area contributed by atoms with Crippen molar-refractivity contribution in [1.29, 1.82) is 0 Å². The van der Waals surface area contributed by atoms with E-state index in [-0.39, 0.29) is 30.9 Å². The van der Waals surface area contributed by atoms with Gasteiger partial charge in [-0.1, -0.05) is 18.2 Å². The molecule has 0 bridgehead atoms. The van der Waals surface area contributed by atoms with Crippen LogP contribution in [0.5, 0.6) is 0 Å². The van der Waals surface area contributed by atoms with Crippen LogP contribution in [0.25, 0.3) is 0 Å². The zero-order valence-corrected chi connectivity index (χ0v) is 14.2. The van der Waals surface area contributed by atoms with E-state index in [1.165, 1.54) is 12.1 Å². The highest BCUT2D eigenvalue weighted by Crippen LogP contribution is 2.19. The van der Waals surface area contributed by atoms with Gasteiger partial charge in [-0.2, -0.15) is 0 Å². The van der Waals surface area contributed by atoms with E-state index < -0.39 is 23.5 Å². The van der Waals surface area contributed by atoms with Gasteiger partial charge >= 0.3 is 0 Å². The van der Waals surface area contributed by atoms with Crippen molar-refractivity contribution in [2.24, 2.45) is 0 Å². The van der Waals surface area contributed by atoms with E-state index in [1.807, 2.05) is 0 Å². The zero-order chi connectivity index (χ0) is 19.4. The molecule has 0 fully saturated rings. The average molecular weight is 369 g/mol. The largest absolute Gasteiger partial charge is 0.278 e. The molecule has 0 aliphatic carbocycles. The van der Waals surface area contributed by atoms with Gasteiger partial charge in [-0.3, -0.25) is 34.9 Å². The van der Waals surface area contributed by atoms with Crippen molar-refractivity contribution in [2.45, 2.75) is 12.8 Å². The molecule has 2 aromatic rings. The molecule has 2 N–H and O–H groups in total. The molecule has 8 heteroatoms. The van der Waals surface area contributed by atoms with E-state index in [0.29, 0.717) is 11.1 Å². The summed E-state index contributed by atoms with van der Waals surface area (Å²) in [6.45, 7) is -0.0930. The Hall–Kier alpha value is -3.55. The summed E-state index contributed by atoms with van der Waals surface area (Å²) in [4.78, 5) is 49.3. The van der Waals surface area contributed by atoms with Gasteiger partial charge in [0.1, 0.15) is 5.82 Å². The second kappa shape index (κ2) is 7.77. The Morgan fingerprint density at radius 1 is 1.00 bits per heavy atom. The number of nitrogens with one attached hydrogen (secondary N) is 2. The smallest absolute Gasteiger partial charge is 0.269 e. The third-order valence-corrected chi connectivity index (χ3v) is 4.12. The number of carbonyl (C=O) groups excluding carboxylic acids is 4. The molecule has 0 unspecified atom stereocenters. The number of hydrogen-bond donors (Lipinski definition) is 2. The van der Waals surface area contributed by atoms with Crippen LogP contribution in [0, 0.1) is 5.82 Å². The van der Waals surface area contributed by atoms with E-state index >= 15 is 0 Å². The molecule has 0 radical (unpaired) electrons. The summed E-state index contributed by atoms with van der Waals surface area (Å²) in [6.07, 6.45) is -0.0613. The molecule has 0 aromatic heterocycles. The van der Waals surface area contributed by atoms with E-state index in [0.717, 1.165) is 17.0 Å². The molecule has 0 saturated heterocycles. The molecule has 27 heavy (non-hydrogen) atoms. The Balaban J connectivity index is 1.52. The van der Waals surface area contributed by atoms with Crippen molar-refractivity contribution in [1.82, 2.24) is 15.8 Å². The lowest BCUT2D eigenvalue weighted by Gasteiger charge is -2.26. The van der Waals surface area contributed by atoms with Crippen molar-refractivity contribution in [3.05, 3.63) is 71.0 Å². The Labute approximate surface area is 154 Å². The number of imide groups is 1. The number of hydrazine groups is 1. The summed E-state index contributed by atoms with van der Waals surface area (Å²) in [5, 5.41) is 0. The highest BCUT2D eigenvalue weighted by Gasteiger charge is 2.30. The van der Waals surface area contributed by atoms with Crippen LogP contribution >= 0.6 is 0 Å². The Morgan fingerprint density at radius 3 is 2.44 bits per heavy atom. The molecule has 7 nitrogen and oxygen atoms in total. The third kappa shape index (κ3) is 4.17. The number of hydrogen-bond acceptors (Lipinski definition) is 4. The van der Waals surface area contributed by atoms with E-state index in [9.17, 15) is 23.6 Å². The molecule has 4 amide bonds. The summed E-state index contributed by atoms with van der Waals surface area (Å²) in [7, 11) is 0. The van der Waals surface area contributed by atoms with Crippen LogP contribution in [0.15, 0.2) is 48.5 Å². The number of benzene rings is 2. The van der Waals surface area contributed by atoms with Crippen LogP contribution in [0.3, 0.4) is 0 Å². The van der Waals surface area contributed by atoms with Gasteiger partial charge in [0, 0.05) is 24.1 Å². The molecule has 1 aliphatic rings. The maximum Gasteiger partial charge on any atom is 0.269 e. The van der Waals surface area contributed by atoms with Crippen LogP contribution in [0.4, 0.5) is 4.39 Å². The first kappa shape index (κ1) is 18.2. The molecular weight excluding hydrogens is 353 g/mol. The van der Waals surface area contributed by atoms with E-state index in [4.69, 9.17) is 0 Å². The summed E-state index contributed by atoms with van der Waals surface area (Å²) in [5.41, 5.74) is 5.69. The second-order valence-corrected chi connectivity index (χ2v) is 5.94. The lowest BCUT2D eigenvalue weighted by Crippen LogP contribution is -2.46. The first-order valence-corrected chi connectivity index (χ1v) is 8.23. The number of nitrogens with zero attached hydrogens (tertiary/aromatic N) is 1. The normalized spacial score (nSPS) is 13.1. The molecule has 0 atom stereocenters. The fraction of sp³-hybridized carbons (Fsp3) is 0.158. The average Bonchev–Trinajstić information content (AvgIpc) is 2.66. The Bertz CT molecular complexity index is 911. The summed E-state index contributed by atoms with van der Waals surface area (Å²) >= 11 is 0. The minimum atomic E-state index is -0.609. The number of halogens is 1. The van der Waals surface area contributed by atoms with E-state index in [1.54, 1.807) is 24.3 Å². The highest BCUT2D eigenvalue weighted by atomic mass is 19.1. The first-order chi connectivity index (χ1) is 13.0. The molecule has 0 spiro atoms. The fourth-order valence-corrected chi connectivity index (χ4v) is 2.70. The monoisotopic (exact) mass is 369 g/mol. The summed E-state index contributed by atoms with van der Waals surface area (Å²) in [6, 6.07) is 11.6. The predicted octanol–water partition coefficient (Wildman–Crippen LogP) is 1.20. The number of rotatable bonds is 4. The molecule has 2 aromatic carbocycles. The number of carbonyl (C=O) groups is 4.